The first-order valence-electron chi connectivity index (χ1n) is 10.2. The summed E-state index contributed by atoms with van der Waals surface area (Å²) in [4.78, 5) is 32.0. The maximum atomic E-state index is 14.3. The molecular formula is C23H18F2N4O4S. The van der Waals surface area contributed by atoms with Crippen molar-refractivity contribution >= 4 is 33.8 Å². The topological polar surface area (TPSA) is 96.2 Å². The quantitative estimate of drug-likeness (QED) is 0.464. The molecule has 1 aliphatic heterocycles. The monoisotopic (exact) mass is 484 g/mol. The largest absolute Gasteiger partial charge is 0.489 e. The number of anilines is 1. The van der Waals surface area contributed by atoms with Gasteiger partial charge in [0.2, 0.25) is 0 Å². The summed E-state index contributed by atoms with van der Waals surface area (Å²) in [5.74, 6) is -1.97. The van der Waals surface area contributed by atoms with Crippen molar-refractivity contribution in [2.75, 3.05) is 18.6 Å². The Morgan fingerprint density at radius 1 is 1.29 bits per heavy atom. The van der Waals surface area contributed by atoms with Crippen LogP contribution in [0, 0.1) is 11.6 Å². The van der Waals surface area contributed by atoms with E-state index in [2.05, 4.69) is 10.3 Å². The van der Waals surface area contributed by atoms with Gasteiger partial charge in [-0.1, -0.05) is 6.07 Å². The van der Waals surface area contributed by atoms with Crippen LogP contribution < -0.4 is 15.0 Å². The Morgan fingerprint density at radius 3 is 2.88 bits per heavy atom. The Morgan fingerprint density at radius 2 is 2.12 bits per heavy atom. The first-order valence-corrected chi connectivity index (χ1v) is 11.1. The Labute approximate surface area is 196 Å². The fourth-order valence-electron chi connectivity index (χ4n) is 3.77. The van der Waals surface area contributed by atoms with E-state index in [0.717, 1.165) is 12.1 Å². The minimum absolute atomic E-state index is 0.0374. The van der Waals surface area contributed by atoms with Gasteiger partial charge in [0.1, 0.15) is 35.7 Å². The first-order chi connectivity index (χ1) is 16.4. The van der Waals surface area contributed by atoms with Gasteiger partial charge in [-0.05, 0) is 29.8 Å². The molecule has 1 aliphatic rings. The molecule has 0 fully saturated rings. The number of nitrogens with one attached hydrogen (secondary N) is 1. The summed E-state index contributed by atoms with van der Waals surface area (Å²) >= 11 is 1.20. The summed E-state index contributed by atoms with van der Waals surface area (Å²) in [7, 11) is 1.57. The molecule has 0 bridgehead atoms. The third-order valence-corrected chi connectivity index (χ3v) is 6.40. The number of likely N-dealkylation sites (N-methyl/N-ethyl adjacent to an activating group) is 1. The second-order valence-corrected chi connectivity index (χ2v) is 8.55. The normalized spacial score (nSPS) is 15.7. The van der Waals surface area contributed by atoms with E-state index in [1.165, 1.54) is 28.5 Å². The Hall–Kier alpha value is -3.83. The number of ether oxygens (including phenoxy) is 1. The van der Waals surface area contributed by atoms with E-state index in [-0.39, 0.29) is 30.4 Å². The summed E-state index contributed by atoms with van der Waals surface area (Å²) in [5, 5.41) is 13.7. The highest BCUT2D eigenvalue weighted by molar-refractivity contribution is 7.15. The number of aliphatic hydroxyl groups excluding tert-OH is 1. The van der Waals surface area contributed by atoms with Crippen LogP contribution in [0.4, 0.5) is 14.5 Å². The number of benzene rings is 2. The SMILES string of the molecule is CN1C(=O)[C@@H](NC(=O)c2cn3c(-c4ccc(F)cc4F)csc3n2)COc2cc(CO)ccc21. The smallest absolute Gasteiger partial charge is 0.272 e. The maximum Gasteiger partial charge on any atom is 0.272 e. The average molecular weight is 484 g/mol. The third kappa shape index (κ3) is 3.78. The minimum Gasteiger partial charge on any atom is -0.489 e. The van der Waals surface area contributed by atoms with Crippen molar-refractivity contribution in [1.82, 2.24) is 14.7 Å². The van der Waals surface area contributed by atoms with E-state index in [1.807, 2.05) is 0 Å². The van der Waals surface area contributed by atoms with Gasteiger partial charge >= 0.3 is 0 Å². The summed E-state index contributed by atoms with van der Waals surface area (Å²) in [5.41, 5.74) is 1.79. The molecule has 0 radical (unpaired) electrons. The number of halogens is 2. The van der Waals surface area contributed by atoms with Crippen LogP contribution >= 0.6 is 11.3 Å². The number of carbonyl (C=O) groups is 2. The van der Waals surface area contributed by atoms with Crippen molar-refractivity contribution in [2.45, 2.75) is 12.6 Å². The summed E-state index contributed by atoms with van der Waals surface area (Å²) in [6.07, 6.45) is 1.44. The molecule has 11 heteroatoms. The van der Waals surface area contributed by atoms with Gasteiger partial charge in [0.25, 0.3) is 11.8 Å². The lowest BCUT2D eigenvalue weighted by molar-refractivity contribution is -0.120. The molecule has 0 saturated heterocycles. The van der Waals surface area contributed by atoms with Gasteiger partial charge in [0.05, 0.1) is 18.0 Å². The van der Waals surface area contributed by atoms with Gasteiger partial charge in [-0.25, -0.2) is 13.8 Å². The molecule has 1 atom stereocenters. The molecule has 174 valence electrons. The lowest BCUT2D eigenvalue weighted by Gasteiger charge is -2.20. The van der Waals surface area contributed by atoms with Gasteiger partial charge in [0, 0.05) is 30.3 Å². The van der Waals surface area contributed by atoms with Crippen LogP contribution in [-0.4, -0.2) is 46.0 Å². The molecule has 8 nitrogen and oxygen atoms in total. The van der Waals surface area contributed by atoms with Crippen LogP contribution in [0.5, 0.6) is 5.75 Å². The highest BCUT2D eigenvalue weighted by Crippen LogP contribution is 2.32. The third-order valence-electron chi connectivity index (χ3n) is 5.56. The molecule has 4 aromatic rings. The van der Waals surface area contributed by atoms with Gasteiger partial charge < -0.3 is 20.1 Å². The highest BCUT2D eigenvalue weighted by atomic mass is 32.1. The number of aromatic nitrogens is 2. The Bertz CT molecular complexity index is 1430. The van der Waals surface area contributed by atoms with Crippen LogP contribution in [0.3, 0.4) is 0 Å². The number of amides is 2. The molecule has 2 amide bonds. The van der Waals surface area contributed by atoms with Crippen molar-refractivity contribution in [3.05, 3.63) is 70.9 Å². The molecule has 0 aliphatic carbocycles. The summed E-state index contributed by atoms with van der Waals surface area (Å²) < 4.78 is 34.8. The van der Waals surface area contributed by atoms with Crippen molar-refractivity contribution in [3.63, 3.8) is 0 Å². The second-order valence-electron chi connectivity index (χ2n) is 7.72. The van der Waals surface area contributed by atoms with Crippen molar-refractivity contribution in [3.8, 4) is 17.0 Å². The zero-order chi connectivity index (χ0) is 24.0. The molecule has 3 heterocycles. The maximum absolute atomic E-state index is 14.3. The van der Waals surface area contributed by atoms with E-state index in [4.69, 9.17) is 4.74 Å². The Kier molecular flexibility index (Phi) is 5.50. The van der Waals surface area contributed by atoms with Crippen LogP contribution in [0.25, 0.3) is 16.2 Å². The van der Waals surface area contributed by atoms with Gasteiger partial charge in [-0.3, -0.25) is 14.0 Å². The van der Waals surface area contributed by atoms with Crippen molar-refractivity contribution in [2.24, 2.45) is 0 Å². The van der Waals surface area contributed by atoms with Gasteiger partial charge in [0.15, 0.2) is 4.96 Å². The van der Waals surface area contributed by atoms with Crippen LogP contribution in [0.1, 0.15) is 16.1 Å². The highest BCUT2D eigenvalue weighted by Gasteiger charge is 2.31. The molecule has 0 saturated carbocycles. The number of rotatable bonds is 4. The fourth-order valence-corrected chi connectivity index (χ4v) is 4.64. The number of thiazole rings is 1. The number of nitrogens with zero attached hydrogens (tertiary/aromatic N) is 3. The molecule has 2 aromatic heterocycles. The number of fused-ring (bicyclic) bond motifs is 2. The number of hydrogen-bond acceptors (Lipinski definition) is 6. The summed E-state index contributed by atoms with van der Waals surface area (Å²) in [6, 6.07) is 7.29. The van der Waals surface area contributed by atoms with E-state index < -0.39 is 23.6 Å². The zero-order valence-corrected chi connectivity index (χ0v) is 18.6. The van der Waals surface area contributed by atoms with Crippen LogP contribution in [0.2, 0.25) is 0 Å². The molecule has 0 spiro atoms. The molecule has 0 unspecified atom stereocenters. The predicted octanol–water partition coefficient (Wildman–Crippen LogP) is 2.99. The standard InChI is InChI=1S/C23H18F2N4O4S/c1-28-18-5-2-12(9-30)6-20(18)33-10-17(22(28)32)26-21(31)16-8-29-19(11-34-23(29)27-16)14-4-3-13(24)7-15(14)25/h2-8,11,17,30H,9-10H2,1H3,(H,26,31)/t17-/m0/s1. The van der Waals surface area contributed by atoms with E-state index in [1.54, 1.807) is 35.0 Å². The molecule has 34 heavy (non-hydrogen) atoms. The van der Waals surface area contributed by atoms with Crippen molar-refractivity contribution in [1.29, 1.82) is 0 Å². The van der Waals surface area contributed by atoms with E-state index >= 15 is 0 Å². The van der Waals surface area contributed by atoms with Gasteiger partial charge in [-0.15, -0.1) is 11.3 Å². The second kappa shape index (κ2) is 8.50. The van der Waals surface area contributed by atoms with E-state index in [0.29, 0.717) is 27.7 Å². The van der Waals surface area contributed by atoms with Crippen LogP contribution in [-0.2, 0) is 11.4 Å². The number of imidazole rings is 1. The average Bonchev–Trinajstić information content (AvgIpc) is 3.39. The number of hydrogen-bond donors (Lipinski definition) is 2. The molecule has 5 rings (SSSR count). The molecule has 2 aromatic carbocycles. The fraction of sp³-hybridized carbons (Fsp3) is 0.174. The molecule has 2 N–H and O–H groups in total. The van der Waals surface area contributed by atoms with Crippen LogP contribution in [0.15, 0.2) is 48.0 Å². The zero-order valence-electron chi connectivity index (χ0n) is 17.8. The minimum atomic E-state index is -0.976. The van der Waals surface area contributed by atoms with Crippen molar-refractivity contribution < 1.29 is 28.2 Å². The van der Waals surface area contributed by atoms with E-state index in [9.17, 15) is 23.5 Å². The predicted molar refractivity (Wildman–Crippen MR) is 121 cm³/mol. The Balaban J connectivity index is 1.38. The summed E-state index contributed by atoms with van der Waals surface area (Å²) in [6.45, 7) is -0.277. The lowest BCUT2D eigenvalue weighted by Crippen LogP contribution is -2.49. The molecular weight excluding hydrogens is 466 g/mol. The lowest BCUT2D eigenvalue weighted by atomic mass is 10.1. The number of aliphatic hydroxyl groups is 1. The van der Waals surface area contributed by atoms with Gasteiger partial charge in [-0.2, -0.15) is 0 Å². The first kappa shape index (κ1) is 22.0. The number of carbonyl (C=O) groups excluding carboxylic acids is 2.